The molecular formula is C18H20ClN2O2S+. The molecule has 2 rings (SSSR count). The smallest absolute Gasteiger partial charge is 0.260 e. The molecule has 4 nitrogen and oxygen atoms in total. The molecule has 2 aromatic carbocycles. The monoisotopic (exact) mass is 363 g/mol. The van der Waals surface area contributed by atoms with E-state index in [1.165, 1.54) is 4.68 Å². The number of amides is 1. The van der Waals surface area contributed by atoms with Gasteiger partial charge in [-0.25, -0.2) is 10.6 Å². The zero-order valence-corrected chi connectivity index (χ0v) is 15.2. The Labute approximate surface area is 149 Å². The van der Waals surface area contributed by atoms with E-state index in [4.69, 9.17) is 17.4 Å². The number of nitrogens with two attached hydrogens (primary N) is 1. The standard InChI is InChI=1S/C18H20ClN2O2S/c1-3-17(22)21(20)18(15-8-10-16(19)11-9-15)14-6-4-13(5-7-14)12-24(2)23/h4-11H,3,12,20H2,1-2H3/q+1. The Morgan fingerprint density at radius 1 is 1.08 bits per heavy atom. The van der Waals surface area contributed by atoms with Gasteiger partial charge in [-0.05, 0) is 46.6 Å². The van der Waals surface area contributed by atoms with E-state index in [0.29, 0.717) is 22.9 Å². The average molecular weight is 364 g/mol. The minimum Gasteiger partial charge on any atom is -0.260 e. The Morgan fingerprint density at radius 2 is 1.58 bits per heavy atom. The van der Waals surface area contributed by atoms with E-state index in [1.54, 1.807) is 25.3 Å². The van der Waals surface area contributed by atoms with Crippen molar-refractivity contribution in [2.75, 3.05) is 6.26 Å². The highest BCUT2D eigenvalue weighted by Gasteiger charge is 2.23. The van der Waals surface area contributed by atoms with Crippen LogP contribution in [-0.4, -0.2) is 26.8 Å². The van der Waals surface area contributed by atoms with Gasteiger partial charge in [-0.15, -0.1) is 0 Å². The van der Waals surface area contributed by atoms with Crippen molar-refractivity contribution < 1.29 is 13.7 Å². The lowest BCUT2D eigenvalue weighted by Gasteiger charge is -2.06. The number of rotatable bonds is 5. The van der Waals surface area contributed by atoms with Crippen molar-refractivity contribution in [3.8, 4) is 0 Å². The summed E-state index contributed by atoms with van der Waals surface area (Å²) >= 11 is 5.95. The normalized spacial score (nSPS) is 13.3. The summed E-state index contributed by atoms with van der Waals surface area (Å²) in [4.78, 5) is 12.1. The fourth-order valence-corrected chi connectivity index (χ4v) is 3.13. The zero-order chi connectivity index (χ0) is 17.7. The molecule has 6 heteroatoms. The number of carbonyl (C=O) groups is 1. The highest BCUT2D eigenvalue weighted by Crippen LogP contribution is 2.16. The van der Waals surface area contributed by atoms with Crippen LogP contribution in [-0.2, 0) is 21.3 Å². The van der Waals surface area contributed by atoms with Crippen LogP contribution in [0.2, 0.25) is 5.02 Å². The summed E-state index contributed by atoms with van der Waals surface area (Å²) in [7, 11) is -0.901. The Kier molecular flexibility index (Phi) is 6.29. The molecule has 0 heterocycles. The third-order valence-electron chi connectivity index (χ3n) is 3.53. The molecule has 0 radical (unpaired) electrons. The Morgan fingerprint density at radius 3 is 2.04 bits per heavy atom. The van der Waals surface area contributed by atoms with Crippen molar-refractivity contribution >= 4 is 34.0 Å². The van der Waals surface area contributed by atoms with Crippen LogP contribution in [0.15, 0.2) is 48.5 Å². The van der Waals surface area contributed by atoms with Gasteiger partial charge in [-0.3, -0.25) is 4.21 Å². The molecule has 126 valence electrons. The van der Waals surface area contributed by atoms with Gasteiger partial charge in [0, 0.05) is 39.0 Å². The quantitative estimate of drug-likeness (QED) is 0.292. The molecule has 1 unspecified atom stereocenters. The molecule has 0 saturated carbocycles. The lowest BCUT2D eigenvalue weighted by Crippen LogP contribution is -2.34. The number of benzene rings is 2. The van der Waals surface area contributed by atoms with Crippen molar-refractivity contribution in [3.63, 3.8) is 0 Å². The Bertz CT molecular complexity index is 784. The summed E-state index contributed by atoms with van der Waals surface area (Å²) in [5, 5.41) is 0.615. The Balaban J connectivity index is 2.52. The first-order valence-electron chi connectivity index (χ1n) is 7.52. The van der Waals surface area contributed by atoms with Gasteiger partial charge >= 0.3 is 5.91 Å². The summed E-state index contributed by atoms with van der Waals surface area (Å²) in [6, 6.07) is 14.7. The van der Waals surface area contributed by atoms with Crippen molar-refractivity contribution in [2.24, 2.45) is 5.84 Å². The third-order valence-corrected chi connectivity index (χ3v) is 4.52. The summed E-state index contributed by atoms with van der Waals surface area (Å²) in [5.41, 5.74) is 3.20. The number of hydrazine groups is 1. The molecule has 0 spiro atoms. The topological polar surface area (TPSA) is 63.2 Å². The molecule has 0 fully saturated rings. The van der Waals surface area contributed by atoms with Crippen LogP contribution in [0.3, 0.4) is 0 Å². The lowest BCUT2D eigenvalue weighted by molar-refractivity contribution is -0.458. The second kappa shape index (κ2) is 8.22. The molecular weight excluding hydrogens is 344 g/mol. The molecule has 0 aromatic heterocycles. The second-order valence-corrected chi connectivity index (χ2v) is 7.26. The van der Waals surface area contributed by atoms with Crippen LogP contribution in [0.4, 0.5) is 0 Å². The average Bonchev–Trinajstić information content (AvgIpc) is 2.57. The Hall–Kier alpha value is -1.98. The van der Waals surface area contributed by atoms with E-state index >= 15 is 0 Å². The summed E-state index contributed by atoms with van der Waals surface area (Å²) in [5.74, 6) is 6.37. The van der Waals surface area contributed by atoms with Crippen LogP contribution in [0, 0.1) is 0 Å². The predicted octanol–water partition coefficient (Wildman–Crippen LogP) is 2.88. The van der Waals surface area contributed by atoms with Gasteiger partial charge in [0.2, 0.25) is 0 Å². The molecule has 0 bridgehead atoms. The van der Waals surface area contributed by atoms with Crippen LogP contribution >= 0.6 is 11.6 Å². The maximum atomic E-state index is 12.1. The van der Waals surface area contributed by atoms with Gasteiger partial charge in [0.25, 0.3) is 5.71 Å². The number of hydrazone groups is 1. The van der Waals surface area contributed by atoms with E-state index in [2.05, 4.69) is 0 Å². The number of hydrogen-bond donors (Lipinski definition) is 1. The van der Waals surface area contributed by atoms with E-state index < -0.39 is 10.8 Å². The molecule has 2 aromatic rings. The van der Waals surface area contributed by atoms with Gasteiger partial charge in [0.1, 0.15) is 0 Å². The van der Waals surface area contributed by atoms with E-state index in [-0.39, 0.29) is 5.91 Å². The van der Waals surface area contributed by atoms with Crippen LogP contribution < -0.4 is 5.84 Å². The highest BCUT2D eigenvalue weighted by atomic mass is 35.5. The van der Waals surface area contributed by atoms with E-state index in [0.717, 1.165) is 16.7 Å². The lowest BCUT2D eigenvalue weighted by atomic mass is 10.0. The molecule has 0 aliphatic carbocycles. The van der Waals surface area contributed by atoms with Crippen molar-refractivity contribution in [1.29, 1.82) is 0 Å². The van der Waals surface area contributed by atoms with Gasteiger partial charge in [0.05, 0.1) is 6.42 Å². The molecule has 1 amide bonds. The van der Waals surface area contributed by atoms with Crippen LogP contribution in [0.5, 0.6) is 0 Å². The largest absolute Gasteiger partial charge is 0.414 e. The van der Waals surface area contributed by atoms with Gasteiger partial charge < -0.3 is 0 Å². The van der Waals surface area contributed by atoms with Crippen LogP contribution in [0.1, 0.15) is 30.0 Å². The highest BCUT2D eigenvalue weighted by molar-refractivity contribution is 7.83. The maximum Gasteiger partial charge on any atom is 0.414 e. The second-order valence-electron chi connectivity index (χ2n) is 5.39. The first-order valence-corrected chi connectivity index (χ1v) is 9.62. The fourth-order valence-electron chi connectivity index (χ4n) is 2.34. The molecule has 0 saturated heterocycles. The van der Waals surface area contributed by atoms with Gasteiger partial charge in [-0.1, -0.05) is 30.7 Å². The summed E-state index contributed by atoms with van der Waals surface area (Å²) in [6.07, 6.45) is 1.97. The summed E-state index contributed by atoms with van der Waals surface area (Å²) in [6.45, 7) is 1.77. The van der Waals surface area contributed by atoms with Gasteiger partial charge in [0.15, 0.2) is 0 Å². The first-order chi connectivity index (χ1) is 11.4. The predicted molar refractivity (Wildman–Crippen MR) is 98.6 cm³/mol. The number of hydrogen-bond acceptors (Lipinski definition) is 3. The fraction of sp³-hybridized carbons (Fsp3) is 0.222. The SMILES string of the molecule is CCC(=O)[N+](N)=C(c1ccc(Cl)cc1)c1ccc(CS(C)=O)cc1. The minimum atomic E-state index is -0.901. The minimum absolute atomic E-state index is 0.182. The number of halogens is 1. The zero-order valence-electron chi connectivity index (χ0n) is 13.7. The molecule has 1 atom stereocenters. The third kappa shape index (κ3) is 4.52. The maximum absolute atomic E-state index is 12.1. The molecule has 24 heavy (non-hydrogen) atoms. The van der Waals surface area contributed by atoms with Crippen molar-refractivity contribution in [3.05, 3.63) is 70.2 Å². The number of nitrogens with zero attached hydrogens (tertiary/aromatic N) is 1. The molecule has 2 N–H and O–H groups in total. The van der Waals surface area contributed by atoms with Crippen molar-refractivity contribution in [1.82, 2.24) is 0 Å². The summed E-state index contributed by atoms with van der Waals surface area (Å²) < 4.78 is 12.5. The van der Waals surface area contributed by atoms with Crippen LogP contribution in [0.25, 0.3) is 0 Å². The van der Waals surface area contributed by atoms with Gasteiger partial charge in [-0.2, -0.15) is 0 Å². The molecule has 0 aliphatic rings. The van der Waals surface area contributed by atoms with Crippen molar-refractivity contribution in [2.45, 2.75) is 19.1 Å². The molecule has 0 aliphatic heterocycles. The van der Waals surface area contributed by atoms with E-state index in [9.17, 15) is 9.00 Å². The number of carbonyl (C=O) groups excluding carboxylic acids is 1. The van der Waals surface area contributed by atoms with E-state index in [1.807, 2.05) is 36.4 Å². The first kappa shape index (κ1) is 18.4.